The van der Waals surface area contributed by atoms with Gasteiger partial charge in [0.15, 0.2) is 0 Å². The van der Waals surface area contributed by atoms with E-state index in [9.17, 15) is 9.90 Å². The number of nitrogens with one attached hydrogen (secondary N) is 1. The van der Waals surface area contributed by atoms with Crippen LogP contribution in [0.4, 0.5) is 0 Å². The van der Waals surface area contributed by atoms with E-state index < -0.39 is 6.10 Å². The Balaban J connectivity index is 1.96. The Kier molecular flexibility index (Phi) is 4.39. The standard InChI is InChI=1S/C14H20N2O3/c1-16(14(18)13-7-11(17)8-15-13)9-10-4-3-5-12(6-10)19-2/h3-6,11,13,15,17H,7-9H2,1-2H3. The van der Waals surface area contributed by atoms with Gasteiger partial charge < -0.3 is 20.1 Å². The molecule has 2 unspecified atom stereocenters. The molecule has 0 saturated carbocycles. The van der Waals surface area contributed by atoms with Crippen molar-refractivity contribution in [1.82, 2.24) is 10.2 Å². The predicted octanol–water partition coefficient (Wildman–Crippen LogP) is 0.376. The molecule has 104 valence electrons. The molecular weight excluding hydrogens is 244 g/mol. The highest BCUT2D eigenvalue weighted by molar-refractivity contribution is 5.82. The van der Waals surface area contributed by atoms with Crippen molar-refractivity contribution < 1.29 is 14.6 Å². The highest BCUT2D eigenvalue weighted by Crippen LogP contribution is 2.15. The average molecular weight is 264 g/mol. The SMILES string of the molecule is COc1cccc(CN(C)C(=O)C2CC(O)CN2)c1. The Morgan fingerprint density at radius 2 is 2.37 bits per heavy atom. The van der Waals surface area contributed by atoms with E-state index in [0.717, 1.165) is 11.3 Å². The molecule has 2 rings (SSSR count). The third-order valence-corrected chi connectivity index (χ3v) is 3.34. The van der Waals surface area contributed by atoms with Crippen LogP contribution in [0.25, 0.3) is 0 Å². The molecule has 5 nitrogen and oxygen atoms in total. The van der Waals surface area contributed by atoms with Gasteiger partial charge in [0.2, 0.25) is 5.91 Å². The number of carbonyl (C=O) groups excluding carboxylic acids is 1. The predicted molar refractivity (Wildman–Crippen MR) is 71.9 cm³/mol. The molecule has 1 saturated heterocycles. The van der Waals surface area contributed by atoms with Gasteiger partial charge in [-0.05, 0) is 24.1 Å². The zero-order valence-electron chi connectivity index (χ0n) is 11.3. The zero-order chi connectivity index (χ0) is 13.8. The summed E-state index contributed by atoms with van der Waals surface area (Å²) < 4.78 is 5.16. The molecule has 0 radical (unpaired) electrons. The molecule has 1 aromatic rings. The molecule has 1 amide bonds. The summed E-state index contributed by atoms with van der Waals surface area (Å²) in [5.74, 6) is 0.798. The van der Waals surface area contributed by atoms with Crippen molar-refractivity contribution in [1.29, 1.82) is 0 Å². The molecule has 1 aliphatic heterocycles. The van der Waals surface area contributed by atoms with Gasteiger partial charge in [-0.3, -0.25) is 4.79 Å². The first kappa shape index (κ1) is 13.8. The number of carbonyl (C=O) groups is 1. The van der Waals surface area contributed by atoms with Crippen molar-refractivity contribution in [3.63, 3.8) is 0 Å². The molecule has 5 heteroatoms. The van der Waals surface area contributed by atoms with Crippen LogP contribution < -0.4 is 10.1 Å². The highest BCUT2D eigenvalue weighted by Gasteiger charge is 2.29. The van der Waals surface area contributed by atoms with Gasteiger partial charge in [0.1, 0.15) is 5.75 Å². The molecular formula is C14H20N2O3. The first-order valence-corrected chi connectivity index (χ1v) is 6.39. The maximum absolute atomic E-state index is 12.2. The van der Waals surface area contributed by atoms with Crippen molar-refractivity contribution in [3.8, 4) is 5.75 Å². The van der Waals surface area contributed by atoms with E-state index >= 15 is 0 Å². The fourth-order valence-electron chi connectivity index (χ4n) is 2.29. The van der Waals surface area contributed by atoms with Crippen molar-refractivity contribution in [2.24, 2.45) is 0 Å². The smallest absolute Gasteiger partial charge is 0.239 e. The van der Waals surface area contributed by atoms with Gasteiger partial charge in [-0.2, -0.15) is 0 Å². The monoisotopic (exact) mass is 264 g/mol. The third kappa shape index (κ3) is 3.45. The summed E-state index contributed by atoms with van der Waals surface area (Å²) in [4.78, 5) is 13.8. The number of likely N-dealkylation sites (N-methyl/N-ethyl adjacent to an activating group) is 1. The lowest BCUT2D eigenvalue weighted by atomic mass is 10.1. The highest BCUT2D eigenvalue weighted by atomic mass is 16.5. The van der Waals surface area contributed by atoms with Gasteiger partial charge in [0, 0.05) is 20.1 Å². The van der Waals surface area contributed by atoms with Gasteiger partial charge in [-0.15, -0.1) is 0 Å². The lowest BCUT2D eigenvalue weighted by molar-refractivity contribution is -0.132. The van der Waals surface area contributed by atoms with Gasteiger partial charge in [0.05, 0.1) is 19.3 Å². The average Bonchev–Trinajstić information content (AvgIpc) is 2.84. The topological polar surface area (TPSA) is 61.8 Å². The summed E-state index contributed by atoms with van der Waals surface area (Å²) in [6, 6.07) is 7.39. The van der Waals surface area contributed by atoms with Crippen LogP contribution in [0.1, 0.15) is 12.0 Å². The van der Waals surface area contributed by atoms with Crippen molar-refractivity contribution in [2.45, 2.75) is 25.1 Å². The summed E-state index contributed by atoms with van der Waals surface area (Å²) in [5.41, 5.74) is 1.02. The quantitative estimate of drug-likeness (QED) is 0.825. The van der Waals surface area contributed by atoms with Gasteiger partial charge in [-0.25, -0.2) is 0 Å². The number of benzene rings is 1. The van der Waals surface area contributed by atoms with Crippen LogP contribution in [0.15, 0.2) is 24.3 Å². The van der Waals surface area contributed by atoms with Gasteiger partial charge >= 0.3 is 0 Å². The Labute approximate surface area is 113 Å². The minimum atomic E-state index is -0.417. The van der Waals surface area contributed by atoms with Crippen LogP contribution in [-0.4, -0.2) is 48.8 Å². The maximum atomic E-state index is 12.2. The van der Waals surface area contributed by atoms with Gasteiger partial charge in [-0.1, -0.05) is 12.1 Å². The molecule has 2 N–H and O–H groups in total. The molecule has 19 heavy (non-hydrogen) atoms. The fraction of sp³-hybridized carbons (Fsp3) is 0.500. The molecule has 2 atom stereocenters. The van der Waals surface area contributed by atoms with E-state index in [-0.39, 0.29) is 11.9 Å². The van der Waals surface area contributed by atoms with Crippen LogP contribution >= 0.6 is 0 Å². The van der Waals surface area contributed by atoms with Crippen LogP contribution in [0.5, 0.6) is 5.75 Å². The van der Waals surface area contributed by atoms with Crippen LogP contribution in [-0.2, 0) is 11.3 Å². The minimum Gasteiger partial charge on any atom is -0.497 e. The van der Waals surface area contributed by atoms with E-state index in [2.05, 4.69) is 5.32 Å². The van der Waals surface area contributed by atoms with E-state index in [1.165, 1.54) is 0 Å². The number of aliphatic hydroxyl groups excluding tert-OH is 1. The van der Waals surface area contributed by atoms with E-state index in [1.807, 2.05) is 24.3 Å². The number of rotatable bonds is 4. The number of amides is 1. The Bertz CT molecular complexity index is 450. The largest absolute Gasteiger partial charge is 0.497 e. The Hall–Kier alpha value is -1.59. The molecule has 0 bridgehead atoms. The third-order valence-electron chi connectivity index (χ3n) is 3.34. The summed E-state index contributed by atoms with van der Waals surface area (Å²) in [5, 5.41) is 12.5. The molecule has 1 aliphatic rings. The van der Waals surface area contributed by atoms with Crippen molar-refractivity contribution in [3.05, 3.63) is 29.8 Å². The second kappa shape index (κ2) is 6.04. The summed E-state index contributed by atoms with van der Waals surface area (Å²) in [7, 11) is 3.39. The van der Waals surface area contributed by atoms with Crippen LogP contribution in [0.3, 0.4) is 0 Å². The van der Waals surface area contributed by atoms with E-state index in [4.69, 9.17) is 4.74 Å². The number of β-amino-alcohol motifs (C(OH)–C–C–N with tert-alkyl or cyclic N) is 1. The van der Waals surface area contributed by atoms with Crippen molar-refractivity contribution >= 4 is 5.91 Å². The fourth-order valence-corrected chi connectivity index (χ4v) is 2.29. The number of hydrogen-bond donors (Lipinski definition) is 2. The molecule has 1 aromatic carbocycles. The Morgan fingerprint density at radius 3 is 3.00 bits per heavy atom. The summed E-state index contributed by atoms with van der Waals surface area (Å²) in [6.07, 6.45) is 0.0699. The van der Waals surface area contributed by atoms with Crippen molar-refractivity contribution in [2.75, 3.05) is 20.7 Å². The normalized spacial score (nSPS) is 22.3. The van der Waals surface area contributed by atoms with E-state index in [1.54, 1.807) is 19.1 Å². The lowest BCUT2D eigenvalue weighted by Gasteiger charge is -2.21. The number of hydrogen-bond acceptors (Lipinski definition) is 4. The molecule has 0 aliphatic carbocycles. The lowest BCUT2D eigenvalue weighted by Crippen LogP contribution is -2.41. The molecule has 0 aromatic heterocycles. The molecule has 0 spiro atoms. The molecule has 1 fully saturated rings. The second-order valence-corrected chi connectivity index (χ2v) is 4.90. The minimum absolute atomic E-state index is 0.0133. The first-order chi connectivity index (χ1) is 9.10. The van der Waals surface area contributed by atoms with Crippen LogP contribution in [0, 0.1) is 0 Å². The van der Waals surface area contributed by atoms with Gasteiger partial charge in [0.25, 0.3) is 0 Å². The second-order valence-electron chi connectivity index (χ2n) is 4.90. The summed E-state index contributed by atoms with van der Waals surface area (Å²) in [6.45, 7) is 1.02. The number of ether oxygens (including phenoxy) is 1. The van der Waals surface area contributed by atoms with Crippen LogP contribution in [0.2, 0.25) is 0 Å². The first-order valence-electron chi connectivity index (χ1n) is 6.39. The number of aliphatic hydroxyl groups is 1. The number of nitrogens with zero attached hydrogens (tertiary/aromatic N) is 1. The maximum Gasteiger partial charge on any atom is 0.239 e. The van der Waals surface area contributed by atoms with E-state index in [0.29, 0.717) is 19.5 Å². The molecule has 1 heterocycles. The zero-order valence-corrected chi connectivity index (χ0v) is 11.3. The Morgan fingerprint density at radius 1 is 1.58 bits per heavy atom. The number of methoxy groups -OCH3 is 1. The summed E-state index contributed by atoms with van der Waals surface area (Å²) >= 11 is 0.